The Balaban J connectivity index is 1.33. The largest absolute Gasteiger partial charge is 0.475 e. The van der Waals surface area contributed by atoms with Gasteiger partial charge in [-0.1, -0.05) is 24.4 Å². The van der Waals surface area contributed by atoms with Crippen molar-refractivity contribution >= 4 is 34.0 Å². The van der Waals surface area contributed by atoms with E-state index in [0.29, 0.717) is 18.8 Å². The predicted molar refractivity (Wildman–Crippen MR) is 158 cm³/mol. The van der Waals surface area contributed by atoms with Gasteiger partial charge in [0, 0.05) is 29.8 Å². The molecule has 8 nitrogen and oxygen atoms in total. The number of hydrogen-bond acceptors (Lipinski definition) is 8. The van der Waals surface area contributed by atoms with Crippen LogP contribution in [0, 0.1) is 5.82 Å². The van der Waals surface area contributed by atoms with E-state index in [1.165, 1.54) is 0 Å². The van der Waals surface area contributed by atoms with E-state index in [1.54, 1.807) is 0 Å². The molecule has 1 spiro atoms. The predicted octanol–water partition coefficient (Wildman–Crippen LogP) is 6.71. The number of benzene rings is 1. The number of pyridine rings is 1. The van der Waals surface area contributed by atoms with Gasteiger partial charge >= 0.3 is 12.2 Å². The number of nitrogen functional groups attached to an aromatic ring is 1. The fourth-order valence-electron chi connectivity index (χ4n) is 8.21. The fraction of sp³-hybridized carbons (Fsp3) is 0.581. The molecule has 1 saturated carbocycles. The Labute approximate surface area is 261 Å². The van der Waals surface area contributed by atoms with Crippen LogP contribution in [0.5, 0.6) is 11.9 Å². The second kappa shape index (κ2) is 10.2. The zero-order valence-electron chi connectivity index (χ0n) is 24.4. The molecule has 5 aliphatic rings. The number of aromatic nitrogens is 3. The molecule has 2 N–H and O–H groups in total. The third-order valence-electron chi connectivity index (χ3n) is 10.4. The van der Waals surface area contributed by atoms with Crippen molar-refractivity contribution in [2.45, 2.75) is 87.3 Å². The van der Waals surface area contributed by atoms with E-state index in [2.05, 4.69) is 19.8 Å². The molecule has 6 heterocycles. The second-order valence-corrected chi connectivity index (χ2v) is 13.6. The summed E-state index contributed by atoms with van der Waals surface area (Å²) in [4.78, 5) is 17.9. The molecular weight excluding hydrogens is 619 g/mol. The highest BCUT2D eigenvalue weighted by molar-refractivity contribution is 6.32. The van der Waals surface area contributed by atoms with Crippen molar-refractivity contribution in [1.29, 1.82) is 0 Å². The topological polar surface area (TPSA) is 89.6 Å². The average molecular weight is 651 g/mol. The van der Waals surface area contributed by atoms with Gasteiger partial charge in [0.25, 0.3) is 0 Å². The van der Waals surface area contributed by atoms with Crippen LogP contribution >= 0.6 is 11.6 Å². The van der Waals surface area contributed by atoms with E-state index in [0.717, 1.165) is 70.0 Å². The van der Waals surface area contributed by atoms with Crippen LogP contribution < -0.4 is 20.1 Å². The molecule has 4 fully saturated rings. The Morgan fingerprint density at radius 2 is 1.91 bits per heavy atom. The summed E-state index contributed by atoms with van der Waals surface area (Å²) in [6, 6.07) is 1.74. The van der Waals surface area contributed by atoms with Crippen LogP contribution in [0.4, 0.5) is 33.5 Å². The normalized spacial score (nSPS) is 27.2. The Kier molecular flexibility index (Phi) is 6.60. The molecule has 1 aromatic carbocycles. The number of fused-ring (bicyclic) bond motifs is 4. The average Bonchev–Trinajstić information content (AvgIpc) is 3.63. The van der Waals surface area contributed by atoms with Crippen LogP contribution in [-0.4, -0.2) is 69.4 Å². The Hall–Kier alpha value is -3.19. The van der Waals surface area contributed by atoms with Gasteiger partial charge in [-0.25, -0.2) is 13.8 Å². The first-order valence-electron chi connectivity index (χ1n) is 15.5. The zero-order chi connectivity index (χ0) is 31.3. The number of alkyl halides is 4. The molecule has 3 aromatic rings. The van der Waals surface area contributed by atoms with Crippen molar-refractivity contribution in [2.75, 3.05) is 36.9 Å². The molecule has 0 amide bonds. The van der Waals surface area contributed by atoms with Crippen molar-refractivity contribution in [3.63, 3.8) is 0 Å². The van der Waals surface area contributed by atoms with Crippen molar-refractivity contribution in [2.24, 2.45) is 0 Å². The minimum atomic E-state index is -4.93. The van der Waals surface area contributed by atoms with E-state index in [9.17, 15) is 17.6 Å². The van der Waals surface area contributed by atoms with Gasteiger partial charge in [0.2, 0.25) is 5.88 Å². The maximum Gasteiger partial charge on any atom is 0.418 e. The first-order valence-corrected chi connectivity index (χ1v) is 15.9. The third-order valence-corrected chi connectivity index (χ3v) is 10.7. The molecule has 0 bridgehead atoms. The quantitative estimate of drug-likeness (QED) is 0.246. The van der Waals surface area contributed by atoms with Crippen LogP contribution in [-0.2, 0) is 6.18 Å². The van der Waals surface area contributed by atoms with E-state index in [-0.39, 0.29) is 53.3 Å². The Morgan fingerprint density at radius 3 is 2.69 bits per heavy atom. The highest BCUT2D eigenvalue weighted by Gasteiger charge is 2.54. The molecule has 8 rings (SSSR count). The number of anilines is 2. The third kappa shape index (κ3) is 4.66. The van der Waals surface area contributed by atoms with Crippen LogP contribution in [0.3, 0.4) is 0 Å². The standard InChI is InChI=1S/C31H32ClF5N6O2/c32-20-11-17(38)10-19(22(20)31(35,36)37)24-23(34)25-21-26(41-28(40-25)45-15-30-6-3-9-42(30)13-16(33)12-30)43-18(14-44-27(21)39-24)4-1-2-5-29(43)7-8-29/h10-11,16,18H,1-9,12-15,38H2/t16-,18?,30+/m1/s1. The van der Waals surface area contributed by atoms with Gasteiger partial charge in [0.15, 0.2) is 5.82 Å². The van der Waals surface area contributed by atoms with Crippen molar-refractivity contribution < 1.29 is 31.4 Å². The van der Waals surface area contributed by atoms with Gasteiger partial charge in [-0.3, -0.25) is 4.90 Å². The van der Waals surface area contributed by atoms with Gasteiger partial charge in [-0.05, 0) is 57.2 Å². The number of ether oxygens (including phenoxy) is 2. The molecule has 4 aliphatic heterocycles. The highest BCUT2D eigenvalue weighted by Crippen LogP contribution is 2.54. The summed E-state index contributed by atoms with van der Waals surface area (Å²) >= 11 is 6.03. The summed E-state index contributed by atoms with van der Waals surface area (Å²) in [7, 11) is 0. The Morgan fingerprint density at radius 1 is 1.09 bits per heavy atom. The van der Waals surface area contributed by atoms with Gasteiger partial charge < -0.3 is 20.1 Å². The minimum Gasteiger partial charge on any atom is -0.475 e. The lowest BCUT2D eigenvalue weighted by Crippen LogP contribution is -2.47. The van der Waals surface area contributed by atoms with E-state index in [4.69, 9.17) is 31.8 Å². The van der Waals surface area contributed by atoms with Crippen molar-refractivity contribution in [3.05, 3.63) is 28.5 Å². The van der Waals surface area contributed by atoms with Gasteiger partial charge in [0.1, 0.15) is 41.8 Å². The fourth-order valence-corrected chi connectivity index (χ4v) is 8.55. The minimum absolute atomic E-state index is 0.0601. The molecule has 45 heavy (non-hydrogen) atoms. The van der Waals surface area contributed by atoms with Crippen LogP contribution in [0.1, 0.15) is 63.4 Å². The van der Waals surface area contributed by atoms with Gasteiger partial charge in [-0.2, -0.15) is 23.1 Å². The summed E-state index contributed by atoms with van der Waals surface area (Å²) in [6.07, 6.45) is 1.67. The number of nitrogens with zero attached hydrogens (tertiary/aromatic N) is 5. The summed E-state index contributed by atoms with van der Waals surface area (Å²) in [5, 5.41) is -0.488. The van der Waals surface area contributed by atoms with Gasteiger partial charge in [-0.15, -0.1) is 0 Å². The number of nitrogens with two attached hydrogens (primary N) is 1. The zero-order valence-corrected chi connectivity index (χ0v) is 25.2. The van der Waals surface area contributed by atoms with Crippen LogP contribution in [0.25, 0.3) is 22.2 Å². The lowest BCUT2D eigenvalue weighted by Gasteiger charge is -2.37. The maximum absolute atomic E-state index is 16.7. The molecule has 1 aliphatic carbocycles. The van der Waals surface area contributed by atoms with Crippen LogP contribution in [0.15, 0.2) is 12.1 Å². The summed E-state index contributed by atoms with van der Waals surface area (Å²) in [6.45, 7) is 1.40. The van der Waals surface area contributed by atoms with Gasteiger partial charge in [0.05, 0.1) is 22.2 Å². The molecule has 1 unspecified atom stereocenters. The first kappa shape index (κ1) is 29.2. The SMILES string of the molecule is Nc1cc(Cl)c(C(F)(F)F)c(-c2nc3c4c(nc(OC[C@@]56CCCN5C[C@H](F)C6)nc4c2F)N2C(CCCCC24CC4)CO3)c1. The lowest BCUT2D eigenvalue weighted by molar-refractivity contribution is -0.137. The molecule has 3 saturated heterocycles. The van der Waals surface area contributed by atoms with E-state index in [1.807, 2.05) is 0 Å². The highest BCUT2D eigenvalue weighted by atomic mass is 35.5. The second-order valence-electron chi connectivity index (χ2n) is 13.2. The molecular formula is C31H32ClF5N6O2. The molecule has 14 heteroatoms. The molecule has 240 valence electrons. The monoisotopic (exact) mass is 650 g/mol. The summed E-state index contributed by atoms with van der Waals surface area (Å²) in [5.41, 5.74) is 2.33. The first-order chi connectivity index (χ1) is 21.5. The summed E-state index contributed by atoms with van der Waals surface area (Å²) in [5.74, 6) is -0.751. The number of halogens is 6. The van der Waals surface area contributed by atoms with Crippen molar-refractivity contribution in [3.8, 4) is 23.1 Å². The lowest BCUT2D eigenvalue weighted by atomic mass is 9.95. The van der Waals surface area contributed by atoms with E-state index >= 15 is 4.39 Å². The number of hydrogen-bond donors (Lipinski definition) is 1. The molecule has 0 radical (unpaired) electrons. The molecule has 2 aromatic heterocycles. The van der Waals surface area contributed by atoms with Crippen LogP contribution in [0.2, 0.25) is 5.02 Å². The maximum atomic E-state index is 16.7. The van der Waals surface area contributed by atoms with E-state index < -0.39 is 45.5 Å². The summed E-state index contributed by atoms with van der Waals surface area (Å²) < 4.78 is 86.5. The number of rotatable bonds is 4. The Bertz CT molecular complexity index is 1700. The smallest absolute Gasteiger partial charge is 0.418 e. The van der Waals surface area contributed by atoms with Crippen molar-refractivity contribution in [1.82, 2.24) is 19.9 Å². The molecule has 3 atom stereocenters.